The molecule has 1 N–H and O–H groups in total. The zero-order chi connectivity index (χ0) is 13.6. The third kappa shape index (κ3) is 4.70. The Morgan fingerprint density at radius 2 is 2.00 bits per heavy atom. The number of carbonyl (C=O) groups is 2. The number of hydrogen-bond acceptors (Lipinski definition) is 4. The Morgan fingerprint density at radius 3 is 2.50 bits per heavy atom. The molecule has 4 nitrogen and oxygen atoms in total. The Kier molecular flexibility index (Phi) is 5.68. The summed E-state index contributed by atoms with van der Waals surface area (Å²) in [5.74, 6) is 0.274. The molecule has 0 bridgehead atoms. The van der Waals surface area contributed by atoms with Crippen molar-refractivity contribution in [3.8, 4) is 0 Å². The maximum Gasteiger partial charge on any atom is 0.315 e. The van der Waals surface area contributed by atoms with Crippen LogP contribution < -0.4 is 5.32 Å². The maximum absolute atomic E-state index is 12.1. The van der Waals surface area contributed by atoms with Gasteiger partial charge in [0.15, 0.2) is 0 Å². The molecule has 0 unspecified atom stereocenters. The number of amides is 1. The molecule has 0 aromatic heterocycles. The lowest BCUT2D eigenvalue weighted by atomic mass is 10.2. The van der Waals surface area contributed by atoms with Crippen LogP contribution in [-0.4, -0.2) is 38.2 Å². The van der Waals surface area contributed by atoms with Crippen molar-refractivity contribution in [2.24, 2.45) is 0 Å². The average Bonchev–Trinajstić information content (AvgIpc) is 2.70. The molecular weight excluding hydrogens is 266 g/mol. The van der Waals surface area contributed by atoms with Gasteiger partial charge in [0.05, 0.1) is 0 Å². The van der Waals surface area contributed by atoms with Crippen molar-refractivity contribution in [1.82, 2.24) is 5.32 Å². The third-order valence-corrected chi connectivity index (χ3v) is 5.55. The summed E-state index contributed by atoms with van der Waals surface area (Å²) in [7, 11) is -2.17. The zero-order valence-corrected chi connectivity index (χ0v) is 12.8. The minimum Gasteiger partial charge on any atom is -0.510 e. The molecule has 0 radical (unpaired) electrons. The zero-order valence-electron chi connectivity index (χ0n) is 10.9. The van der Waals surface area contributed by atoms with Gasteiger partial charge >= 0.3 is 14.3 Å². The Bertz CT molecular complexity index is 370. The molecule has 1 heterocycles. The standard InChI is InChI=1S/C12H19NO3SSi/c1-10(14)13-11(6-7-17-2)12(15)16-18(3)8-4-5-9-18/h4-5,8-9,11H,6-7H2,1-3H3,(H,13,14)/t11-/m0/s1. The molecule has 18 heavy (non-hydrogen) atoms. The molecule has 0 saturated carbocycles. The fourth-order valence-corrected chi connectivity index (χ4v) is 3.92. The lowest BCUT2D eigenvalue weighted by molar-refractivity contribution is -0.139. The molecule has 1 atom stereocenters. The Morgan fingerprint density at radius 1 is 1.39 bits per heavy atom. The first kappa shape index (κ1) is 15.0. The Labute approximate surface area is 113 Å². The summed E-state index contributed by atoms with van der Waals surface area (Å²) < 4.78 is 5.56. The number of rotatable bonds is 6. The molecule has 0 spiro atoms. The van der Waals surface area contributed by atoms with Gasteiger partial charge in [-0.05, 0) is 25.0 Å². The lowest BCUT2D eigenvalue weighted by Gasteiger charge is -2.23. The van der Waals surface area contributed by atoms with E-state index in [1.807, 2.05) is 36.4 Å². The Balaban J connectivity index is 2.60. The largest absolute Gasteiger partial charge is 0.510 e. The van der Waals surface area contributed by atoms with Crippen molar-refractivity contribution in [3.05, 3.63) is 23.6 Å². The topological polar surface area (TPSA) is 55.4 Å². The minimum absolute atomic E-state index is 0.206. The van der Waals surface area contributed by atoms with Crippen molar-refractivity contribution >= 4 is 32.0 Å². The van der Waals surface area contributed by atoms with E-state index in [4.69, 9.17) is 4.43 Å². The molecule has 100 valence electrons. The van der Waals surface area contributed by atoms with Crippen LogP contribution in [0.1, 0.15) is 13.3 Å². The average molecular weight is 285 g/mol. The van der Waals surface area contributed by atoms with Crippen LogP contribution in [0.2, 0.25) is 6.55 Å². The molecule has 0 saturated heterocycles. The van der Waals surface area contributed by atoms with Gasteiger partial charge in [0.25, 0.3) is 0 Å². The van der Waals surface area contributed by atoms with Crippen molar-refractivity contribution in [3.63, 3.8) is 0 Å². The van der Waals surface area contributed by atoms with Crippen LogP contribution >= 0.6 is 11.8 Å². The normalized spacial score (nSPS) is 17.5. The molecular formula is C12H19NO3SSi. The summed E-state index contributed by atoms with van der Waals surface area (Å²) in [6.45, 7) is 3.36. The van der Waals surface area contributed by atoms with Crippen molar-refractivity contribution < 1.29 is 14.0 Å². The lowest BCUT2D eigenvalue weighted by Crippen LogP contribution is -2.45. The van der Waals surface area contributed by atoms with E-state index < -0.39 is 14.4 Å². The molecule has 0 fully saturated rings. The Hall–Kier alpha value is -1.01. The number of carbonyl (C=O) groups excluding carboxylic acids is 2. The van der Waals surface area contributed by atoms with Crippen LogP contribution in [0, 0.1) is 0 Å². The summed E-state index contributed by atoms with van der Waals surface area (Å²) in [4.78, 5) is 23.2. The SMILES string of the molecule is CSCC[C@H](NC(C)=O)C(=O)O[Si]1(C)C=CC=C1. The van der Waals surface area contributed by atoms with Crippen LogP contribution in [0.3, 0.4) is 0 Å². The van der Waals surface area contributed by atoms with Gasteiger partial charge in [-0.15, -0.1) is 0 Å². The number of nitrogens with one attached hydrogen (secondary N) is 1. The number of thioether (sulfide) groups is 1. The van der Waals surface area contributed by atoms with Crippen molar-refractivity contribution in [1.29, 1.82) is 0 Å². The molecule has 6 heteroatoms. The molecule has 0 aromatic rings. The second-order valence-electron chi connectivity index (χ2n) is 4.36. The molecule has 1 rings (SSSR count). The second-order valence-corrected chi connectivity index (χ2v) is 8.58. The highest BCUT2D eigenvalue weighted by Crippen LogP contribution is 2.16. The third-order valence-electron chi connectivity index (χ3n) is 2.56. The van der Waals surface area contributed by atoms with Gasteiger partial charge in [-0.3, -0.25) is 9.59 Å². The van der Waals surface area contributed by atoms with E-state index in [-0.39, 0.29) is 11.9 Å². The monoisotopic (exact) mass is 285 g/mol. The van der Waals surface area contributed by atoms with Crippen LogP contribution in [0.4, 0.5) is 0 Å². The van der Waals surface area contributed by atoms with Gasteiger partial charge in [0.2, 0.25) is 5.91 Å². The molecule has 1 amide bonds. The predicted octanol–water partition coefficient (Wildman–Crippen LogP) is 1.57. The minimum atomic E-state index is -2.17. The molecule has 1 aliphatic rings. The van der Waals surface area contributed by atoms with E-state index in [0.29, 0.717) is 6.42 Å². The van der Waals surface area contributed by atoms with Crippen LogP contribution in [-0.2, 0) is 14.0 Å². The predicted molar refractivity (Wildman–Crippen MR) is 76.6 cm³/mol. The van der Waals surface area contributed by atoms with E-state index >= 15 is 0 Å². The van der Waals surface area contributed by atoms with Crippen LogP contribution in [0.15, 0.2) is 23.6 Å². The van der Waals surface area contributed by atoms with Gasteiger partial charge in [0, 0.05) is 6.92 Å². The summed E-state index contributed by atoms with van der Waals surface area (Å²) >= 11 is 1.64. The highest BCUT2D eigenvalue weighted by Gasteiger charge is 2.32. The van der Waals surface area contributed by atoms with Crippen molar-refractivity contribution in [2.45, 2.75) is 25.9 Å². The first-order valence-electron chi connectivity index (χ1n) is 5.83. The van der Waals surface area contributed by atoms with Gasteiger partial charge in [-0.25, -0.2) is 0 Å². The highest BCUT2D eigenvalue weighted by atomic mass is 32.2. The fourth-order valence-electron chi connectivity index (χ4n) is 1.63. The molecule has 0 aliphatic carbocycles. The first-order valence-corrected chi connectivity index (χ1v) is 9.78. The van der Waals surface area contributed by atoms with E-state index in [0.717, 1.165) is 5.75 Å². The van der Waals surface area contributed by atoms with E-state index in [2.05, 4.69) is 5.32 Å². The smallest absolute Gasteiger partial charge is 0.315 e. The summed E-state index contributed by atoms with van der Waals surface area (Å²) in [6.07, 6.45) is 6.36. The first-order chi connectivity index (χ1) is 8.47. The summed E-state index contributed by atoms with van der Waals surface area (Å²) in [5.41, 5.74) is 3.90. The summed E-state index contributed by atoms with van der Waals surface area (Å²) in [5, 5.41) is 2.65. The maximum atomic E-state index is 12.1. The van der Waals surface area contributed by atoms with Gasteiger partial charge in [0.1, 0.15) is 6.04 Å². The van der Waals surface area contributed by atoms with E-state index in [9.17, 15) is 9.59 Å². The summed E-state index contributed by atoms with van der Waals surface area (Å²) in [6, 6.07) is -0.540. The van der Waals surface area contributed by atoms with Gasteiger partial charge in [-0.2, -0.15) is 11.8 Å². The second kappa shape index (κ2) is 6.80. The molecule has 1 aliphatic heterocycles. The highest BCUT2D eigenvalue weighted by molar-refractivity contribution is 7.98. The fraction of sp³-hybridized carbons (Fsp3) is 0.500. The van der Waals surface area contributed by atoms with Crippen LogP contribution in [0.25, 0.3) is 0 Å². The van der Waals surface area contributed by atoms with Gasteiger partial charge < -0.3 is 9.74 Å². The quantitative estimate of drug-likeness (QED) is 0.753. The van der Waals surface area contributed by atoms with Crippen molar-refractivity contribution in [2.75, 3.05) is 12.0 Å². The van der Waals surface area contributed by atoms with E-state index in [1.54, 1.807) is 11.8 Å². The van der Waals surface area contributed by atoms with Gasteiger partial charge in [-0.1, -0.05) is 23.6 Å². The number of allylic oxidation sites excluding steroid dienone is 2. The number of hydrogen-bond donors (Lipinski definition) is 1. The van der Waals surface area contributed by atoms with E-state index in [1.165, 1.54) is 6.92 Å². The van der Waals surface area contributed by atoms with Crippen LogP contribution in [0.5, 0.6) is 0 Å². The molecule has 0 aromatic carbocycles.